The van der Waals surface area contributed by atoms with Crippen molar-refractivity contribution in [1.29, 1.82) is 0 Å². The number of hydrogen-bond acceptors (Lipinski definition) is 5. The lowest BCUT2D eigenvalue weighted by Gasteiger charge is -2.21. The second kappa shape index (κ2) is 9.36. The van der Waals surface area contributed by atoms with Crippen LogP contribution in [0, 0.1) is 11.7 Å². The van der Waals surface area contributed by atoms with Crippen LogP contribution in [0.5, 0.6) is 0 Å². The summed E-state index contributed by atoms with van der Waals surface area (Å²) in [6.45, 7) is 2.09. The van der Waals surface area contributed by atoms with Gasteiger partial charge in [0.2, 0.25) is 0 Å². The molecule has 1 atom stereocenters. The van der Waals surface area contributed by atoms with Gasteiger partial charge in [-0.25, -0.2) is 4.39 Å². The first-order valence-electron chi connectivity index (χ1n) is 7.89. The van der Waals surface area contributed by atoms with Crippen LogP contribution in [0.15, 0.2) is 29.4 Å². The minimum atomic E-state index is -0.284. The Kier molecular flexibility index (Phi) is 7.48. The molecule has 132 valence electrons. The molecule has 1 aromatic carbocycles. The van der Waals surface area contributed by atoms with E-state index in [0.717, 1.165) is 31.8 Å². The number of aromatic nitrogens is 3. The van der Waals surface area contributed by atoms with Crippen LogP contribution in [0.2, 0.25) is 0 Å². The normalized spacial score (nSPS) is 17.5. The van der Waals surface area contributed by atoms with Crippen molar-refractivity contribution in [3.63, 3.8) is 0 Å². The third kappa shape index (κ3) is 4.47. The van der Waals surface area contributed by atoms with Crippen LogP contribution in [-0.4, -0.2) is 40.3 Å². The summed E-state index contributed by atoms with van der Waals surface area (Å²) in [6, 6.07) is 6.68. The quantitative estimate of drug-likeness (QED) is 0.790. The molecule has 0 amide bonds. The van der Waals surface area contributed by atoms with Crippen molar-refractivity contribution in [2.24, 2.45) is 11.7 Å². The molecule has 1 unspecified atom stereocenters. The van der Waals surface area contributed by atoms with Crippen molar-refractivity contribution in [1.82, 2.24) is 14.8 Å². The smallest absolute Gasteiger partial charge is 0.195 e. The Hall–Kier alpha value is -1.15. The SMILES string of the molecule is Cl.NCCc1nnc(SCC2CCCOC2)n1-c1ccccc1F. The van der Waals surface area contributed by atoms with Gasteiger partial charge in [-0.05, 0) is 37.4 Å². The molecule has 3 rings (SSSR count). The highest BCUT2D eigenvalue weighted by Gasteiger charge is 2.19. The van der Waals surface area contributed by atoms with E-state index in [4.69, 9.17) is 10.5 Å². The van der Waals surface area contributed by atoms with Crippen molar-refractivity contribution in [2.45, 2.75) is 24.4 Å². The molecule has 2 aromatic rings. The summed E-state index contributed by atoms with van der Waals surface area (Å²) in [4.78, 5) is 0. The second-order valence-electron chi connectivity index (χ2n) is 5.62. The van der Waals surface area contributed by atoms with Crippen LogP contribution in [0.1, 0.15) is 18.7 Å². The van der Waals surface area contributed by atoms with E-state index >= 15 is 0 Å². The molecular weight excluding hydrogens is 351 g/mol. The third-order valence-electron chi connectivity index (χ3n) is 3.86. The highest BCUT2D eigenvalue weighted by Crippen LogP contribution is 2.27. The van der Waals surface area contributed by atoms with E-state index < -0.39 is 0 Å². The number of benzene rings is 1. The monoisotopic (exact) mass is 372 g/mol. The lowest BCUT2D eigenvalue weighted by molar-refractivity contribution is 0.0632. The van der Waals surface area contributed by atoms with Gasteiger partial charge in [0, 0.05) is 18.8 Å². The highest BCUT2D eigenvalue weighted by atomic mass is 35.5. The number of hydrogen-bond donors (Lipinski definition) is 1. The van der Waals surface area contributed by atoms with E-state index in [1.54, 1.807) is 28.5 Å². The summed E-state index contributed by atoms with van der Waals surface area (Å²) in [7, 11) is 0. The predicted octanol–water partition coefficient (Wildman–Crippen LogP) is 2.85. The second-order valence-corrected chi connectivity index (χ2v) is 6.61. The summed E-state index contributed by atoms with van der Waals surface area (Å²) in [5.41, 5.74) is 6.12. The van der Waals surface area contributed by atoms with Gasteiger partial charge in [0.25, 0.3) is 0 Å². The average Bonchev–Trinajstić information content (AvgIpc) is 2.97. The van der Waals surface area contributed by atoms with Crippen LogP contribution < -0.4 is 5.73 Å². The van der Waals surface area contributed by atoms with E-state index in [2.05, 4.69) is 10.2 Å². The lowest BCUT2D eigenvalue weighted by atomic mass is 10.1. The van der Waals surface area contributed by atoms with E-state index in [1.807, 2.05) is 6.07 Å². The number of para-hydroxylation sites is 1. The molecule has 1 aliphatic rings. The average molecular weight is 373 g/mol. The zero-order valence-electron chi connectivity index (χ0n) is 13.4. The number of halogens is 2. The number of thioether (sulfide) groups is 1. The summed E-state index contributed by atoms with van der Waals surface area (Å²) in [5, 5.41) is 9.16. The molecule has 1 aliphatic heterocycles. The van der Waals surface area contributed by atoms with Crippen molar-refractivity contribution in [2.75, 3.05) is 25.5 Å². The molecule has 8 heteroatoms. The Morgan fingerprint density at radius 1 is 1.33 bits per heavy atom. The molecule has 0 aliphatic carbocycles. The molecule has 1 saturated heterocycles. The van der Waals surface area contributed by atoms with Gasteiger partial charge in [-0.3, -0.25) is 4.57 Å². The van der Waals surface area contributed by atoms with Crippen LogP contribution >= 0.6 is 24.2 Å². The summed E-state index contributed by atoms with van der Waals surface area (Å²) in [6.07, 6.45) is 2.83. The maximum Gasteiger partial charge on any atom is 0.195 e. The van der Waals surface area contributed by atoms with E-state index in [-0.39, 0.29) is 18.2 Å². The van der Waals surface area contributed by atoms with Crippen LogP contribution in [-0.2, 0) is 11.2 Å². The van der Waals surface area contributed by atoms with Crippen molar-refractivity contribution in [3.05, 3.63) is 35.9 Å². The van der Waals surface area contributed by atoms with Crippen molar-refractivity contribution in [3.8, 4) is 5.69 Å². The molecule has 1 fully saturated rings. The summed E-state index contributed by atoms with van der Waals surface area (Å²) >= 11 is 1.61. The molecular formula is C16H22ClFN4OS. The fourth-order valence-electron chi connectivity index (χ4n) is 2.69. The molecule has 0 spiro atoms. The number of rotatable bonds is 6. The number of ether oxygens (including phenoxy) is 1. The minimum absolute atomic E-state index is 0. The predicted molar refractivity (Wildman–Crippen MR) is 95.6 cm³/mol. The maximum absolute atomic E-state index is 14.2. The van der Waals surface area contributed by atoms with Gasteiger partial charge < -0.3 is 10.5 Å². The Bertz CT molecular complexity index is 649. The first kappa shape index (κ1) is 19.2. The Labute approximate surface area is 151 Å². The van der Waals surface area contributed by atoms with Gasteiger partial charge in [-0.2, -0.15) is 0 Å². The molecule has 1 aromatic heterocycles. The first-order valence-corrected chi connectivity index (χ1v) is 8.88. The van der Waals surface area contributed by atoms with Crippen LogP contribution in [0.25, 0.3) is 5.69 Å². The summed E-state index contributed by atoms with van der Waals surface area (Å²) in [5.74, 6) is 1.82. The fraction of sp³-hybridized carbons (Fsp3) is 0.500. The molecule has 2 N–H and O–H groups in total. The standard InChI is InChI=1S/C16H21FN4OS.ClH/c17-13-5-1-2-6-14(13)21-15(7-8-18)19-20-16(21)23-11-12-4-3-9-22-10-12;/h1-2,5-6,12H,3-4,7-11,18H2;1H. The van der Waals surface area contributed by atoms with E-state index in [9.17, 15) is 4.39 Å². The van der Waals surface area contributed by atoms with Gasteiger partial charge >= 0.3 is 0 Å². The van der Waals surface area contributed by atoms with Gasteiger partial charge in [-0.15, -0.1) is 22.6 Å². The molecule has 0 bridgehead atoms. The zero-order valence-corrected chi connectivity index (χ0v) is 15.0. The van der Waals surface area contributed by atoms with Crippen LogP contribution in [0.3, 0.4) is 0 Å². The number of nitrogens with zero attached hydrogens (tertiary/aromatic N) is 3. The van der Waals surface area contributed by atoms with Crippen molar-refractivity contribution >= 4 is 24.2 Å². The largest absolute Gasteiger partial charge is 0.381 e. The molecule has 0 radical (unpaired) electrons. The molecule has 2 heterocycles. The van der Waals surface area contributed by atoms with Crippen LogP contribution in [0.4, 0.5) is 4.39 Å². The molecule has 24 heavy (non-hydrogen) atoms. The fourth-order valence-corrected chi connectivity index (χ4v) is 3.77. The highest BCUT2D eigenvalue weighted by molar-refractivity contribution is 7.99. The van der Waals surface area contributed by atoms with Gasteiger partial charge in [0.1, 0.15) is 11.6 Å². The van der Waals surface area contributed by atoms with E-state index in [1.165, 1.54) is 6.07 Å². The summed E-state index contributed by atoms with van der Waals surface area (Å²) < 4.78 is 21.5. The van der Waals surface area contributed by atoms with Gasteiger partial charge in [-0.1, -0.05) is 23.9 Å². The Morgan fingerprint density at radius 2 is 2.17 bits per heavy atom. The molecule has 0 saturated carbocycles. The van der Waals surface area contributed by atoms with E-state index in [0.29, 0.717) is 35.6 Å². The number of nitrogens with two attached hydrogens (primary N) is 1. The topological polar surface area (TPSA) is 66.0 Å². The zero-order chi connectivity index (χ0) is 16.1. The first-order chi connectivity index (χ1) is 11.3. The maximum atomic E-state index is 14.2. The Balaban J connectivity index is 0.00000208. The van der Waals surface area contributed by atoms with Gasteiger partial charge in [0.15, 0.2) is 5.16 Å². The third-order valence-corrected chi connectivity index (χ3v) is 5.02. The minimum Gasteiger partial charge on any atom is -0.381 e. The Morgan fingerprint density at radius 3 is 2.88 bits per heavy atom. The lowest BCUT2D eigenvalue weighted by Crippen LogP contribution is -2.19. The van der Waals surface area contributed by atoms with Gasteiger partial charge in [0.05, 0.1) is 12.3 Å². The molecule has 5 nitrogen and oxygen atoms in total. The van der Waals surface area contributed by atoms with Crippen molar-refractivity contribution < 1.29 is 9.13 Å².